The van der Waals surface area contributed by atoms with E-state index in [-0.39, 0.29) is 0 Å². The molecule has 0 aromatic heterocycles. The van der Waals surface area contributed by atoms with Crippen LogP contribution in [-0.2, 0) is 6.42 Å². The molecule has 0 saturated heterocycles. The molecule has 1 atom stereocenters. The molecule has 16 heavy (non-hydrogen) atoms. The van der Waals surface area contributed by atoms with Crippen LogP contribution in [0.1, 0.15) is 47.3 Å². The summed E-state index contributed by atoms with van der Waals surface area (Å²) in [5.41, 5.74) is 2.86. The highest BCUT2D eigenvalue weighted by Crippen LogP contribution is 2.30. The van der Waals surface area contributed by atoms with Crippen LogP contribution >= 0.6 is 0 Å². The van der Waals surface area contributed by atoms with Crippen LogP contribution in [0.4, 0.5) is 0 Å². The molecule has 2 rings (SSSR count). The number of nitrogens with one attached hydrogen (secondary N) is 1. The van der Waals surface area contributed by atoms with E-state index < -0.39 is 5.97 Å². The molecule has 1 aliphatic carbocycles. The lowest BCUT2D eigenvalue weighted by molar-refractivity contribution is 0.0696. The zero-order valence-corrected chi connectivity index (χ0v) is 9.49. The summed E-state index contributed by atoms with van der Waals surface area (Å²) in [6.45, 7) is 3.00. The molecule has 3 nitrogen and oxygen atoms in total. The van der Waals surface area contributed by atoms with E-state index in [1.807, 2.05) is 12.1 Å². The molecular weight excluding hydrogens is 202 g/mol. The minimum atomic E-state index is -0.844. The maximum atomic E-state index is 10.9. The Balaban J connectivity index is 2.36. The van der Waals surface area contributed by atoms with Crippen LogP contribution in [0.25, 0.3) is 0 Å². The third kappa shape index (κ3) is 2.09. The predicted octanol–water partition coefficient (Wildman–Crippen LogP) is 2.37. The minimum absolute atomic E-state index is 0.327. The van der Waals surface area contributed by atoms with E-state index in [0.29, 0.717) is 11.6 Å². The van der Waals surface area contributed by atoms with Crippen molar-refractivity contribution in [3.05, 3.63) is 34.9 Å². The molecule has 0 bridgehead atoms. The standard InChI is InChI=1S/C13H17NO2/c1-2-14-12-5-3-4-9-6-7-10(13(15)16)8-11(9)12/h6-8,12,14H,2-5H2,1H3,(H,15,16). The van der Waals surface area contributed by atoms with Gasteiger partial charge in [-0.25, -0.2) is 4.79 Å². The molecule has 86 valence electrons. The summed E-state index contributed by atoms with van der Waals surface area (Å²) in [4.78, 5) is 10.9. The zero-order valence-electron chi connectivity index (χ0n) is 9.49. The number of hydrogen-bond donors (Lipinski definition) is 2. The van der Waals surface area contributed by atoms with E-state index in [1.165, 1.54) is 17.5 Å². The minimum Gasteiger partial charge on any atom is -0.478 e. The highest BCUT2D eigenvalue weighted by atomic mass is 16.4. The molecule has 0 fully saturated rings. The summed E-state index contributed by atoms with van der Waals surface area (Å²) in [5.74, 6) is -0.844. The van der Waals surface area contributed by atoms with Gasteiger partial charge in [0, 0.05) is 6.04 Å². The van der Waals surface area contributed by atoms with Gasteiger partial charge in [-0.2, -0.15) is 0 Å². The topological polar surface area (TPSA) is 49.3 Å². The lowest BCUT2D eigenvalue weighted by Crippen LogP contribution is -2.25. The van der Waals surface area contributed by atoms with Crippen LogP contribution in [0.3, 0.4) is 0 Å². The number of rotatable bonds is 3. The second-order valence-corrected chi connectivity index (χ2v) is 4.22. The van der Waals surface area contributed by atoms with Gasteiger partial charge >= 0.3 is 5.97 Å². The third-order valence-corrected chi connectivity index (χ3v) is 3.16. The van der Waals surface area contributed by atoms with Crippen molar-refractivity contribution in [1.82, 2.24) is 5.32 Å². The number of aryl methyl sites for hydroxylation is 1. The monoisotopic (exact) mass is 219 g/mol. The van der Waals surface area contributed by atoms with Crippen LogP contribution in [-0.4, -0.2) is 17.6 Å². The molecule has 1 aromatic carbocycles. The fourth-order valence-electron chi connectivity index (χ4n) is 2.39. The van der Waals surface area contributed by atoms with Gasteiger partial charge in [0.25, 0.3) is 0 Å². The number of carbonyl (C=O) groups is 1. The normalized spacial score (nSPS) is 19.2. The van der Waals surface area contributed by atoms with Crippen molar-refractivity contribution in [3.8, 4) is 0 Å². The van der Waals surface area contributed by atoms with Crippen molar-refractivity contribution >= 4 is 5.97 Å². The molecule has 3 heteroatoms. The van der Waals surface area contributed by atoms with Gasteiger partial charge in [0.05, 0.1) is 5.56 Å². The van der Waals surface area contributed by atoms with E-state index in [4.69, 9.17) is 5.11 Å². The molecule has 1 unspecified atom stereocenters. The molecule has 0 spiro atoms. The van der Waals surface area contributed by atoms with Crippen LogP contribution in [0.15, 0.2) is 18.2 Å². The highest BCUT2D eigenvalue weighted by Gasteiger charge is 2.20. The molecule has 0 aliphatic heterocycles. The van der Waals surface area contributed by atoms with E-state index in [1.54, 1.807) is 6.07 Å². The number of benzene rings is 1. The number of hydrogen-bond acceptors (Lipinski definition) is 2. The summed E-state index contributed by atoms with van der Waals surface area (Å²) in [6.07, 6.45) is 3.35. The van der Waals surface area contributed by atoms with E-state index in [0.717, 1.165) is 19.4 Å². The Bertz CT molecular complexity index is 401. The van der Waals surface area contributed by atoms with Crippen LogP contribution in [0.5, 0.6) is 0 Å². The van der Waals surface area contributed by atoms with Gasteiger partial charge < -0.3 is 10.4 Å². The Morgan fingerprint density at radius 2 is 2.38 bits per heavy atom. The Labute approximate surface area is 95.5 Å². The first kappa shape index (κ1) is 11.1. The van der Waals surface area contributed by atoms with Crippen LogP contribution in [0, 0.1) is 0 Å². The Morgan fingerprint density at radius 3 is 3.06 bits per heavy atom. The Kier molecular flexibility index (Phi) is 3.25. The number of aromatic carboxylic acids is 1. The Morgan fingerprint density at radius 1 is 1.56 bits per heavy atom. The van der Waals surface area contributed by atoms with Crippen molar-refractivity contribution in [2.75, 3.05) is 6.54 Å². The van der Waals surface area contributed by atoms with E-state index in [9.17, 15) is 4.79 Å². The van der Waals surface area contributed by atoms with Gasteiger partial charge in [0.2, 0.25) is 0 Å². The largest absolute Gasteiger partial charge is 0.478 e. The molecular formula is C13H17NO2. The molecule has 1 aromatic rings. The van der Waals surface area contributed by atoms with Gasteiger partial charge in [-0.05, 0) is 49.1 Å². The van der Waals surface area contributed by atoms with Gasteiger partial charge in [-0.15, -0.1) is 0 Å². The van der Waals surface area contributed by atoms with Crippen molar-refractivity contribution < 1.29 is 9.90 Å². The summed E-state index contributed by atoms with van der Waals surface area (Å²) >= 11 is 0. The van der Waals surface area contributed by atoms with Gasteiger partial charge in [0.1, 0.15) is 0 Å². The summed E-state index contributed by atoms with van der Waals surface area (Å²) in [6, 6.07) is 5.81. The SMILES string of the molecule is CCNC1CCCc2ccc(C(=O)O)cc21. The first-order valence-corrected chi connectivity index (χ1v) is 5.82. The molecule has 0 amide bonds. The van der Waals surface area contributed by atoms with Gasteiger partial charge in [0.15, 0.2) is 0 Å². The summed E-state index contributed by atoms with van der Waals surface area (Å²) < 4.78 is 0. The van der Waals surface area contributed by atoms with E-state index in [2.05, 4.69) is 12.2 Å². The fraction of sp³-hybridized carbons (Fsp3) is 0.462. The number of carboxylic acid groups (broad SMARTS) is 1. The van der Waals surface area contributed by atoms with Gasteiger partial charge in [-0.3, -0.25) is 0 Å². The predicted molar refractivity (Wildman–Crippen MR) is 62.8 cm³/mol. The molecule has 1 aliphatic rings. The first-order chi connectivity index (χ1) is 7.72. The van der Waals surface area contributed by atoms with Crippen molar-refractivity contribution in [2.24, 2.45) is 0 Å². The zero-order chi connectivity index (χ0) is 11.5. The second kappa shape index (κ2) is 4.66. The number of carboxylic acids is 1. The third-order valence-electron chi connectivity index (χ3n) is 3.16. The average molecular weight is 219 g/mol. The highest BCUT2D eigenvalue weighted by molar-refractivity contribution is 5.88. The first-order valence-electron chi connectivity index (χ1n) is 5.82. The molecule has 0 saturated carbocycles. The quantitative estimate of drug-likeness (QED) is 0.820. The smallest absolute Gasteiger partial charge is 0.335 e. The maximum absolute atomic E-state index is 10.9. The van der Waals surface area contributed by atoms with Gasteiger partial charge in [-0.1, -0.05) is 13.0 Å². The van der Waals surface area contributed by atoms with Crippen LogP contribution in [0.2, 0.25) is 0 Å². The second-order valence-electron chi connectivity index (χ2n) is 4.22. The summed E-state index contributed by atoms with van der Waals surface area (Å²) in [7, 11) is 0. The number of fused-ring (bicyclic) bond motifs is 1. The lowest BCUT2D eigenvalue weighted by Gasteiger charge is -2.26. The van der Waals surface area contributed by atoms with Crippen molar-refractivity contribution in [1.29, 1.82) is 0 Å². The fourth-order valence-corrected chi connectivity index (χ4v) is 2.39. The average Bonchev–Trinajstić information content (AvgIpc) is 2.29. The van der Waals surface area contributed by atoms with Crippen molar-refractivity contribution in [3.63, 3.8) is 0 Å². The Hall–Kier alpha value is -1.35. The molecule has 0 radical (unpaired) electrons. The lowest BCUT2D eigenvalue weighted by atomic mass is 9.86. The van der Waals surface area contributed by atoms with Crippen LogP contribution < -0.4 is 5.32 Å². The van der Waals surface area contributed by atoms with E-state index >= 15 is 0 Å². The molecule has 2 N–H and O–H groups in total. The molecule has 0 heterocycles. The summed E-state index contributed by atoms with van der Waals surface area (Å²) in [5, 5.41) is 12.4. The maximum Gasteiger partial charge on any atom is 0.335 e. The van der Waals surface area contributed by atoms with Crippen molar-refractivity contribution in [2.45, 2.75) is 32.2 Å².